The van der Waals surface area contributed by atoms with Gasteiger partial charge in [0.25, 0.3) is 5.78 Å². The van der Waals surface area contributed by atoms with Crippen molar-refractivity contribution in [2.24, 2.45) is 0 Å². The summed E-state index contributed by atoms with van der Waals surface area (Å²) in [6, 6.07) is 16.2. The first-order chi connectivity index (χ1) is 18.9. The van der Waals surface area contributed by atoms with Gasteiger partial charge in [-0.1, -0.05) is 23.5 Å². The van der Waals surface area contributed by atoms with Gasteiger partial charge in [-0.25, -0.2) is 4.98 Å². The van der Waals surface area contributed by atoms with Crippen LogP contribution in [0.25, 0.3) is 16.0 Å². The molecule has 1 aliphatic rings. The van der Waals surface area contributed by atoms with Crippen molar-refractivity contribution in [2.45, 2.75) is 13.0 Å². The van der Waals surface area contributed by atoms with Gasteiger partial charge in [-0.3, -0.25) is 14.5 Å². The van der Waals surface area contributed by atoms with Gasteiger partial charge < -0.3 is 24.1 Å². The van der Waals surface area contributed by atoms with Crippen molar-refractivity contribution in [1.29, 1.82) is 0 Å². The standard InChI is InChI=1S/C29H26N2O7S/c1-5-38-17-11-9-16(10-12-17)25(32)23-24(19-7-6-8-21(36-3)27(19)37-4)31(28(34)26(23)33)29-30-20-14-13-18(35-2)15-22(20)39-29/h6-15,24,32H,5H2,1-4H3/t24-/m0/s1. The summed E-state index contributed by atoms with van der Waals surface area (Å²) < 4.78 is 22.8. The zero-order valence-electron chi connectivity index (χ0n) is 21.8. The summed E-state index contributed by atoms with van der Waals surface area (Å²) in [6.07, 6.45) is 0. The molecular formula is C29H26N2O7S. The second-order valence-electron chi connectivity index (χ2n) is 8.54. The zero-order valence-corrected chi connectivity index (χ0v) is 22.6. The van der Waals surface area contributed by atoms with E-state index in [-0.39, 0.29) is 11.3 Å². The maximum Gasteiger partial charge on any atom is 0.301 e. The number of hydrogen-bond donors (Lipinski definition) is 1. The first-order valence-electron chi connectivity index (χ1n) is 12.1. The molecule has 0 bridgehead atoms. The van der Waals surface area contributed by atoms with E-state index in [1.54, 1.807) is 61.7 Å². The number of Topliss-reactive ketones (excluding diaryl/α,β-unsaturated/α-hetero) is 1. The molecule has 0 unspecified atom stereocenters. The molecule has 5 rings (SSSR count). The third-order valence-electron chi connectivity index (χ3n) is 6.40. The van der Waals surface area contributed by atoms with Crippen LogP contribution in [-0.4, -0.2) is 49.7 Å². The second-order valence-corrected chi connectivity index (χ2v) is 9.55. The number of hydrogen-bond acceptors (Lipinski definition) is 9. The van der Waals surface area contributed by atoms with E-state index in [2.05, 4.69) is 4.98 Å². The topological polar surface area (TPSA) is 107 Å². The SMILES string of the molecule is CCOc1ccc(C(O)=C2C(=O)C(=O)N(c3nc4ccc(OC)cc4s3)[C@H]2c2cccc(OC)c2OC)cc1. The highest BCUT2D eigenvalue weighted by Crippen LogP contribution is 2.48. The summed E-state index contributed by atoms with van der Waals surface area (Å²) in [6.45, 7) is 2.36. The summed E-state index contributed by atoms with van der Waals surface area (Å²) >= 11 is 1.24. The fourth-order valence-corrected chi connectivity index (χ4v) is 5.63. The Kier molecular flexibility index (Phi) is 7.12. The van der Waals surface area contributed by atoms with Crippen LogP contribution in [0.1, 0.15) is 24.1 Å². The lowest BCUT2D eigenvalue weighted by Crippen LogP contribution is -2.29. The molecule has 0 aliphatic carbocycles. The number of benzene rings is 3. The van der Waals surface area contributed by atoms with Crippen molar-refractivity contribution < 1.29 is 33.6 Å². The molecule has 1 atom stereocenters. The minimum absolute atomic E-state index is 0.0902. The molecule has 0 spiro atoms. The number of carbonyl (C=O) groups excluding carboxylic acids is 2. The van der Waals surface area contributed by atoms with Gasteiger partial charge in [-0.05, 0) is 55.5 Å². The van der Waals surface area contributed by atoms with E-state index in [0.29, 0.717) is 51.4 Å². The molecule has 1 aromatic heterocycles. The third kappa shape index (κ3) is 4.52. The number of fused-ring (bicyclic) bond motifs is 1. The normalized spacial score (nSPS) is 16.5. The van der Waals surface area contributed by atoms with Crippen molar-refractivity contribution >= 4 is 44.1 Å². The first kappa shape index (κ1) is 26.1. The third-order valence-corrected chi connectivity index (χ3v) is 7.42. The Hall–Kier alpha value is -4.57. The number of nitrogens with zero attached hydrogens (tertiary/aromatic N) is 2. The van der Waals surface area contributed by atoms with Crippen molar-refractivity contribution in [1.82, 2.24) is 4.98 Å². The average Bonchev–Trinajstić information content (AvgIpc) is 3.49. The highest BCUT2D eigenvalue weighted by Gasteiger charge is 2.49. The summed E-state index contributed by atoms with van der Waals surface area (Å²) in [4.78, 5) is 33.1. The van der Waals surface area contributed by atoms with Crippen LogP contribution in [0, 0.1) is 0 Å². The number of para-hydroxylation sites is 1. The van der Waals surface area contributed by atoms with Gasteiger partial charge in [-0.2, -0.15) is 0 Å². The lowest BCUT2D eigenvalue weighted by atomic mass is 9.94. The van der Waals surface area contributed by atoms with Gasteiger partial charge in [-0.15, -0.1) is 0 Å². The van der Waals surface area contributed by atoms with Gasteiger partial charge in [0.15, 0.2) is 16.6 Å². The van der Waals surface area contributed by atoms with Crippen LogP contribution in [0.4, 0.5) is 5.13 Å². The largest absolute Gasteiger partial charge is 0.507 e. The average molecular weight is 547 g/mol. The molecule has 1 N–H and O–H groups in total. The summed E-state index contributed by atoms with van der Waals surface area (Å²) in [7, 11) is 4.54. The Labute approximate surface area is 228 Å². The fraction of sp³-hybridized carbons (Fsp3) is 0.207. The number of aromatic nitrogens is 1. The quantitative estimate of drug-likeness (QED) is 0.179. The van der Waals surface area contributed by atoms with E-state index in [9.17, 15) is 14.7 Å². The number of rotatable bonds is 8. The van der Waals surface area contributed by atoms with E-state index in [4.69, 9.17) is 18.9 Å². The number of aliphatic hydroxyl groups is 1. The van der Waals surface area contributed by atoms with E-state index < -0.39 is 17.7 Å². The summed E-state index contributed by atoms with van der Waals surface area (Å²) in [5, 5.41) is 11.7. The minimum Gasteiger partial charge on any atom is -0.507 e. The Bertz CT molecular complexity index is 1590. The number of carbonyl (C=O) groups is 2. The molecule has 1 saturated heterocycles. The summed E-state index contributed by atoms with van der Waals surface area (Å²) in [5.74, 6) is 0.0210. The second kappa shape index (κ2) is 10.7. The number of thiazole rings is 1. The van der Waals surface area contributed by atoms with Gasteiger partial charge in [0.05, 0.1) is 43.7 Å². The Morgan fingerprint density at radius 2 is 1.72 bits per heavy atom. The van der Waals surface area contributed by atoms with Gasteiger partial charge in [0, 0.05) is 11.1 Å². The molecule has 3 aromatic carbocycles. The molecule has 2 heterocycles. The molecule has 0 radical (unpaired) electrons. The van der Waals surface area contributed by atoms with Crippen molar-refractivity contribution in [3.05, 3.63) is 77.4 Å². The molecule has 10 heteroatoms. The highest BCUT2D eigenvalue weighted by molar-refractivity contribution is 7.22. The van der Waals surface area contributed by atoms with E-state index in [1.807, 2.05) is 13.0 Å². The van der Waals surface area contributed by atoms with Gasteiger partial charge in [0.1, 0.15) is 23.3 Å². The van der Waals surface area contributed by atoms with Crippen LogP contribution in [0.3, 0.4) is 0 Å². The Morgan fingerprint density at radius 1 is 0.974 bits per heavy atom. The van der Waals surface area contributed by atoms with E-state index in [1.165, 1.54) is 30.5 Å². The molecule has 4 aromatic rings. The first-order valence-corrected chi connectivity index (χ1v) is 12.9. The van der Waals surface area contributed by atoms with Crippen LogP contribution in [0.5, 0.6) is 23.0 Å². The zero-order chi connectivity index (χ0) is 27.7. The monoisotopic (exact) mass is 546 g/mol. The molecule has 39 heavy (non-hydrogen) atoms. The maximum atomic E-state index is 13.6. The van der Waals surface area contributed by atoms with Crippen molar-refractivity contribution in [3.63, 3.8) is 0 Å². The molecule has 1 aliphatic heterocycles. The van der Waals surface area contributed by atoms with Crippen LogP contribution >= 0.6 is 11.3 Å². The molecule has 0 saturated carbocycles. The molecular weight excluding hydrogens is 520 g/mol. The van der Waals surface area contributed by atoms with E-state index in [0.717, 1.165) is 4.70 Å². The van der Waals surface area contributed by atoms with Crippen LogP contribution in [0.15, 0.2) is 66.2 Å². The number of amides is 1. The number of methoxy groups -OCH3 is 3. The lowest BCUT2D eigenvalue weighted by molar-refractivity contribution is -0.132. The molecule has 200 valence electrons. The smallest absolute Gasteiger partial charge is 0.301 e. The highest BCUT2D eigenvalue weighted by atomic mass is 32.1. The van der Waals surface area contributed by atoms with E-state index >= 15 is 0 Å². The maximum absolute atomic E-state index is 13.6. The molecule has 1 amide bonds. The molecule has 1 fully saturated rings. The molecule has 9 nitrogen and oxygen atoms in total. The summed E-state index contributed by atoms with van der Waals surface area (Å²) in [5.41, 5.74) is 1.37. The minimum atomic E-state index is -1.04. The predicted octanol–water partition coefficient (Wildman–Crippen LogP) is 5.35. The van der Waals surface area contributed by atoms with Crippen LogP contribution < -0.4 is 23.8 Å². The number of anilines is 1. The van der Waals surface area contributed by atoms with Crippen molar-refractivity contribution in [3.8, 4) is 23.0 Å². The number of aliphatic hydroxyl groups excluding tert-OH is 1. The van der Waals surface area contributed by atoms with Crippen LogP contribution in [-0.2, 0) is 9.59 Å². The van der Waals surface area contributed by atoms with Crippen LogP contribution in [0.2, 0.25) is 0 Å². The van der Waals surface area contributed by atoms with Crippen molar-refractivity contribution in [2.75, 3.05) is 32.8 Å². The van der Waals surface area contributed by atoms with Gasteiger partial charge >= 0.3 is 5.91 Å². The lowest BCUT2D eigenvalue weighted by Gasteiger charge is -2.25. The van der Waals surface area contributed by atoms with Gasteiger partial charge in [0.2, 0.25) is 0 Å². The number of ether oxygens (including phenoxy) is 4. The number of ketones is 1. The Balaban J connectivity index is 1.74. The predicted molar refractivity (Wildman–Crippen MR) is 148 cm³/mol. The Morgan fingerprint density at radius 3 is 2.38 bits per heavy atom. The fourth-order valence-electron chi connectivity index (χ4n) is 4.61.